The SMILES string of the molecule is C=C(C)COc1ccc(NC(=O)c2ccc(OCC)cc2OCC)cc1. The summed E-state index contributed by atoms with van der Waals surface area (Å²) in [5.41, 5.74) is 2.08. The summed E-state index contributed by atoms with van der Waals surface area (Å²) in [6, 6.07) is 12.4. The molecule has 26 heavy (non-hydrogen) atoms. The van der Waals surface area contributed by atoms with Crippen LogP contribution in [0.2, 0.25) is 0 Å². The summed E-state index contributed by atoms with van der Waals surface area (Å²) in [6.07, 6.45) is 0. The molecule has 0 unspecified atom stereocenters. The second-order valence-electron chi connectivity index (χ2n) is 5.75. The number of nitrogens with one attached hydrogen (secondary N) is 1. The largest absolute Gasteiger partial charge is 0.494 e. The third-order valence-electron chi connectivity index (χ3n) is 3.41. The molecule has 0 fully saturated rings. The van der Waals surface area contributed by atoms with Gasteiger partial charge >= 0.3 is 0 Å². The van der Waals surface area contributed by atoms with E-state index in [0.717, 1.165) is 11.3 Å². The Morgan fingerprint density at radius 2 is 1.62 bits per heavy atom. The van der Waals surface area contributed by atoms with Crippen LogP contribution >= 0.6 is 0 Å². The molecule has 0 heterocycles. The van der Waals surface area contributed by atoms with Gasteiger partial charge in [-0.2, -0.15) is 0 Å². The molecule has 0 radical (unpaired) electrons. The van der Waals surface area contributed by atoms with Crippen molar-refractivity contribution in [3.8, 4) is 17.2 Å². The molecule has 5 heteroatoms. The van der Waals surface area contributed by atoms with Gasteiger partial charge in [-0.15, -0.1) is 0 Å². The summed E-state index contributed by atoms with van der Waals surface area (Å²) in [4.78, 5) is 12.6. The highest BCUT2D eigenvalue weighted by Crippen LogP contribution is 2.26. The highest BCUT2D eigenvalue weighted by atomic mass is 16.5. The van der Waals surface area contributed by atoms with Gasteiger partial charge < -0.3 is 19.5 Å². The second-order valence-corrected chi connectivity index (χ2v) is 5.75. The van der Waals surface area contributed by atoms with Crippen molar-refractivity contribution < 1.29 is 19.0 Å². The van der Waals surface area contributed by atoms with E-state index in [1.807, 2.05) is 20.8 Å². The molecule has 138 valence electrons. The Morgan fingerprint density at radius 3 is 2.23 bits per heavy atom. The van der Waals surface area contributed by atoms with Crippen LogP contribution in [-0.2, 0) is 0 Å². The van der Waals surface area contributed by atoms with Crippen LogP contribution < -0.4 is 19.5 Å². The van der Waals surface area contributed by atoms with Gasteiger partial charge in [-0.05, 0) is 62.7 Å². The summed E-state index contributed by atoms with van der Waals surface area (Å²) in [7, 11) is 0. The van der Waals surface area contributed by atoms with E-state index in [4.69, 9.17) is 14.2 Å². The zero-order valence-corrected chi connectivity index (χ0v) is 15.5. The van der Waals surface area contributed by atoms with Crippen molar-refractivity contribution in [2.45, 2.75) is 20.8 Å². The number of rotatable bonds is 9. The predicted octanol–water partition coefficient (Wildman–Crippen LogP) is 4.69. The van der Waals surface area contributed by atoms with E-state index >= 15 is 0 Å². The van der Waals surface area contributed by atoms with Gasteiger partial charge in [0.2, 0.25) is 0 Å². The van der Waals surface area contributed by atoms with Crippen LogP contribution in [-0.4, -0.2) is 25.7 Å². The summed E-state index contributed by atoms with van der Waals surface area (Å²) >= 11 is 0. The molecular formula is C21H25NO4. The molecule has 0 aliphatic carbocycles. The Kier molecular flexibility index (Phi) is 7.09. The van der Waals surface area contributed by atoms with Crippen LogP contribution in [0.3, 0.4) is 0 Å². The van der Waals surface area contributed by atoms with Crippen molar-refractivity contribution >= 4 is 11.6 Å². The van der Waals surface area contributed by atoms with Crippen LogP contribution in [0.1, 0.15) is 31.1 Å². The minimum Gasteiger partial charge on any atom is -0.494 e. The summed E-state index contributed by atoms with van der Waals surface area (Å²) in [5, 5.41) is 2.87. The van der Waals surface area contributed by atoms with Crippen LogP contribution in [0.5, 0.6) is 17.2 Å². The normalized spacial score (nSPS) is 10.1. The lowest BCUT2D eigenvalue weighted by Crippen LogP contribution is -2.14. The molecule has 0 aliphatic heterocycles. The maximum absolute atomic E-state index is 12.6. The maximum Gasteiger partial charge on any atom is 0.259 e. The van der Waals surface area contributed by atoms with Gasteiger partial charge in [-0.3, -0.25) is 4.79 Å². The standard InChI is InChI=1S/C21H25NO4/c1-5-24-18-11-12-19(20(13-18)25-6-2)21(23)22-16-7-9-17(10-8-16)26-14-15(3)4/h7-13H,3,5-6,14H2,1-2,4H3,(H,22,23). The van der Waals surface area contributed by atoms with E-state index in [9.17, 15) is 4.79 Å². The highest BCUT2D eigenvalue weighted by Gasteiger charge is 2.14. The predicted molar refractivity (Wildman–Crippen MR) is 103 cm³/mol. The average Bonchev–Trinajstić information content (AvgIpc) is 2.62. The van der Waals surface area contributed by atoms with Crippen molar-refractivity contribution in [2.24, 2.45) is 0 Å². The molecule has 0 atom stereocenters. The molecule has 1 amide bonds. The number of hydrogen-bond acceptors (Lipinski definition) is 4. The first-order valence-electron chi connectivity index (χ1n) is 8.61. The quantitative estimate of drug-likeness (QED) is 0.663. The van der Waals surface area contributed by atoms with Gasteiger partial charge in [0.1, 0.15) is 23.9 Å². The molecule has 0 spiro atoms. The number of carbonyl (C=O) groups excluding carboxylic acids is 1. The monoisotopic (exact) mass is 355 g/mol. The lowest BCUT2D eigenvalue weighted by Gasteiger charge is -2.13. The van der Waals surface area contributed by atoms with Gasteiger partial charge in [-0.25, -0.2) is 0 Å². The van der Waals surface area contributed by atoms with Crippen LogP contribution in [0.15, 0.2) is 54.6 Å². The van der Waals surface area contributed by atoms with Crippen molar-refractivity contribution in [1.29, 1.82) is 0 Å². The zero-order chi connectivity index (χ0) is 18.9. The van der Waals surface area contributed by atoms with E-state index < -0.39 is 0 Å². The molecule has 5 nitrogen and oxygen atoms in total. The Labute approximate surface area is 154 Å². The average molecular weight is 355 g/mol. The van der Waals surface area contributed by atoms with Crippen molar-refractivity contribution in [2.75, 3.05) is 25.1 Å². The van der Waals surface area contributed by atoms with Gasteiger partial charge in [0.05, 0.1) is 18.8 Å². The van der Waals surface area contributed by atoms with Crippen molar-refractivity contribution in [3.05, 3.63) is 60.2 Å². The number of amides is 1. The Balaban J connectivity index is 2.10. The number of hydrogen-bond donors (Lipinski definition) is 1. The summed E-state index contributed by atoms with van der Waals surface area (Å²) in [5.74, 6) is 1.65. The van der Waals surface area contributed by atoms with Gasteiger partial charge in [-0.1, -0.05) is 6.58 Å². The molecular weight excluding hydrogens is 330 g/mol. The lowest BCUT2D eigenvalue weighted by atomic mass is 10.1. The van der Waals surface area contributed by atoms with E-state index in [1.54, 1.807) is 42.5 Å². The smallest absolute Gasteiger partial charge is 0.259 e. The Morgan fingerprint density at radius 1 is 0.962 bits per heavy atom. The fourth-order valence-electron chi connectivity index (χ4n) is 2.26. The topological polar surface area (TPSA) is 56.8 Å². The third-order valence-corrected chi connectivity index (χ3v) is 3.41. The number of benzene rings is 2. The van der Waals surface area contributed by atoms with Gasteiger partial charge in [0, 0.05) is 11.8 Å². The zero-order valence-electron chi connectivity index (χ0n) is 15.5. The fraction of sp³-hybridized carbons (Fsp3) is 0.286. The van der Waals surface area contributed by atoms with E-state index in [2.05, 4.69) is 11.9 Å². The van der Waals surface area contributed by atoms with Crippen molar-refractivity contribution in [3.63, 3.8) is 0 Å². The lowest BCUT2D eigenvalue weighted by molar-refractivity contribution is 0.102. The maximum atomic E-state index is 12.6. The van der Waals surface area contributed by atoms with Crippen LogP contribution in [0, 0.1) is 0 Å². The van der Waals surface area contributed by atoms with Crippen molar-refractivity contribution in [1.82, 2.24) is 0 Å². The highest BCUT2D eigenvalue weighted by molar-refractivity contribution is 6.06. The molecule has 0 aromatic heterocycles. The number of anilines is 1. The first kappa shape index (κ1) is 19.4. The number of ether oxygens (including phenoxy) is 3. The van der Waals surface area contributed by atoms with Crippen LogP contribution in [0.25, 0.3) is 0 Å². The Hall–Kier alpha value is -2.95. The number of carbonyl (C=O) groups is 1. The summed E-state index contributed by atoms with van der Waals surface area (Å²) < 4.78 is 16.6. The minimum atomic E-state index is -0.243. The second kappa shape index (κ2) is 9.51. The molecule has 0 saturated carbocycles. The molecule has 1 N–H and O–H groups in total. The molecule has 0 aliphatic rings. The fourth-order valence-corrected chi connectivity index (χ4v) is 2.26. The first-order chi connectivity index (χ1) is 12.5. The van der Waals surface area contributed by atoms with E-state index in [-0.39, 0.29) is 5.91 Å². The molecule has 2 aromatic carbocycles. The van der Waals surface area contributed by atoms with Gasteiger partial charge in [0.25, 0.3) is 5.91 Å². The van der Waals surface area contributed by atoms with Gasteiger partial charge in [0.15, 0.2) is 0 Å². The Bertz CT molecular complexity index is 753. The van der Waals surface area contributed by atoms with E-state index in [1.165, 1.54) is 0 Å². The van der Waals surface area contributed by atoms with E-state index in [0.29, 0.717) is 42.6 Å². The molecule has 2 rings (SSSR count). The molecule has 0 saturated heterocycles. The van der Waals surface area contributed by atoms with Crippen LogP contribution in [0.4, 0.5) is 5.69 Å². The third kappa shape index (κ3) is 5.55. The minimum absolute atomic E-state index is 0.243. The molecule has 2 aromatic rings. The summed E-state index contributed by atoms with van der Waals surface area (Å²) in [6.45, 7) is 11.0. The molecule has 0 bridgehead atoms. The first-order valence-corrected chi connectivity index (χ1v) is 8.61.